The number of piperidine rings is 1. The number of amides is 2. The highest BCUT2D eigenvalue weighted by Gasteiger charge is 2.26. The molecule has 0 atom stereocenters. The lowest BCUT2D eigenvalue weighted by atomic mass is 10.1. The van der Waals surface area contributed by atoms with Crippen molar-refractivity contribution in [3.05, 3.63) is 0 Å². The maximum atomic E-state index is 12.1. The summed E-state index contributed by atoms with van der Waals surface area (Å²) in [6, 6.07) is 0. The number of aliphatic carboxylic acids is 1. The van der Waals surface area contributed by atoms with Crippen LogP contribution in [0.5, 0.6) is 0 Å². The summed E-state index contributed by atoms with van der Waals surface area (Å²) < 4.78 is 5.23. The Morgan fingerprint density at radius 3 is 2.57 bits per heavy atom. The van der Waals surface area contributed by atoms with Crippen molar-refractivity contribution in [3.63, 3.8) is 0 Å². The van der Waals surface area contributed by atoms with Crippen LogP contribution in [0.2, 0.25) is 0 Å². The summed E-state index contributed by atoms with van der Waals surface area (Å²) in [5.41, 5.74) is 0. The van der Waals surface area contributed by atoms with E-state index in [2.05, 4.69) is 0 Å². The van der Waals surface area contributed by atoms with E-state index in [1.807, 2.05) is 0 Å². The molecular weight excluding hydrogens is 296 g/mol. The average molecular weight is 316 g/mol. The second-order valence-electron chi connectivity index (χ2n) is 5.14. The molecule has 0 radical (unpaired) electrons. The normalized spacial score (nSPS) is 20.1. The lowest BCUT2D eigenvalue weighted by Crippen LogP contribution is -2.42. The number of carbonyl (C=O) groups excluding carboxylic acids is 2. The van der Waals surface area contributed by atoms with Gasteiger partial charge in [0.25, 0.3) is 5.24 Å². The summed E-state index contributed by atoms with van der Waals surface area (Å²) in [4.78, 5) is 37.4. The second kappa shape index (κ2) is 7.65. The quantitative estimate of drug-likeness (QED) is 0.774. The predicted molar refractivity (Wildman–Crippen MR) is 77.2 cm³/mol. The van der Waals surface area contributed by atoms with Crippen LogP contribution < -0.4 is 0 Å². The van der Waals surface area contributed by atoms with Crippen molar-refractivity contribution < 1.29 is 24.2 Å². The number of hydrogen-bond acceptors (Lipinski definition) is 5. The summed E-state index contributed by atoms with van der Waals surface area (Å²) in [6.45, 7) is 2.10. The molecular formula is C13H20N2O5S. The molecule has 2 saturated heterocycles. The smallest absolute Gasteiger partial charge is 0.329 e. The number of carboxylic acid groups (broad SMARTS) is 1. The van der Waals surface area contributed by atoms with E-state index in [0.29, 0.717) is 38.9 Å². The third-order valence-electron chi connectivity index (χ3n) is 3.68. The number of rotatable bonds is 6. The molecule has 21 heavy (non-hydrogen) atoms. The van der Waals surface area contributed by atoms with E-state index in [1.165, 1.54) is 11.8 Å². The lowest BCUT2D eigenvalue weighted by molar-refractivity contribution is -0.146. The molecule has 0 unspecified atom stereocenters. The van der Waals surface area contributed by atoms with Gasteiger partial charge in [0.2, 0.25) is 5.91 Å². The minimum Gasteiger partial charge on any atom is -0.480 e. The van der Waals surface area contributed by atoms with Crippen LogP contribution in [-0.4, -0.2) is 76.7 Å². The first-order valence-electron chi connectivity index (χ1n) is 7.09. The molecule has 7 nitrogen and oxygen atoms in total. The summed E-state index contributed by atoms with van der Waals surface area (Å²) in [5.74, 6) is -0.114. The minimum absolute atomic E-state index is 0.0522. The van der Waals surface area contributed by atoms with Gasteiger partial charge < -0.3 is 19.6 Å². The van der Waals surface area contributed by atoms with Gasteiger partial charge in [-0.3, -0.25) is 9.59 Å². The van der Waals surface area contributed by atoms with Gasteiger partial charge in [0.1, 0.15) is 6.61 Å². The van der Waals surface area contributed by atoms with Crippen LogP contribution in [0.1, 0.15) is 19.3 Å². The highest BCUT2D eigenvalue weighted by molar-refractivity contribution is 8.13. The Morgan fingerprint density at radius 2 is 2.00 bits per heavy atom. The van der Waals surface area contributed by atoms with E-state index >= 15 is 0 Å². The highest BCUT2D eigenvalue weighted by atomic mass is 32.2. The number of likely N-dealkylation sites (tertiary alicyclic amines) is 1. The Kier molecular flexibility index (Phi) is 5.86. The van der Waals surface area contributed by atoms with Gasteiger partial charge in [-0.2, -0.15) is 0 Å². The van der Waals surface area contributed by atoms with Crippen LogP contribution in [0.25, 0.3) is 0 Å². The summed E-state index contributed by atoms with van der Waals surface area (Å²) in [7, 11) is 0. The molecule has 0 aliphatic carbocycles. The maximum absolute atomic E-state index is 12.1. The van der Waals surface area contributed by atoms with Gasteiger partial charge in [0, 0.05) is 38.4 Å². The SMILES string of the molecule is O=C(O)COC1CCN(C(=O)CCN2CCSC2=O)CC1. The second-order valence-corrected chi connectivity index (χ2v) is 6.18. The molecule has 1 N–H and O–H groups in total. The Balaban J connectivity index is 1.65. The molecule has 8 heteroatoms. The van der Waals surface area contributed by atoms with Crippen molar-refractivity contribution >= 4 is 28.9 Å². The fraction of sp³-hybridized carbons (Fsp3) is 0.769. The molecule has 2 aliphatic heterocycles. The Morgan fingerprint density at radius 1 is 1.29 bits per heavy atom. The molecule has 2 heterocycles. The first-order chi connectivity index (χ1) is 10.1. The molecule has 2 rings (SSSR count). The molecule has 2 amide bonds. The van der Waals surface area contributed by atoms with Crippen molar-refractivity contribution in [3.8, 4) is 0 Å². The topological polar surface area (TPSA) is 87.2 Å². The zero-order valence-electron chi connectivity index (χ0n) is 11.8. The van der Waals surface area contributed by atoms with Gasteiger partial charge in [-0.05, 0) is 12.8 Å². The third-order valence-corrected chi connectivity index (χ3v) is 4.57. The first-order valence-corrected chi connectivity index (χ1v) is 8.07. The van der Waals surface area contributed by atoms with E-state index in [1.54, 1.807) is 9.80 Å². The van der Waals surface area contributed by atoms with Crippen LogP contribution >= 0.6 is 11.8 Å². The van der Waals surface area contributed by atoms with Gasteiger partial charge >= 0.3 is 5.97 Å². The molecule has 0 spiro atoms. The Hall–Kier alpha value is -1.28. The standard InChI is InChI=1S/C13H20N2O5S/c16-11(3-6-15-7-8-21-13(15)19)14-4-1-10(2-5-14)20-9-12(17)18/h10H,1-9H2,(H,17,18). The summed E-state index contributed by atoms with van der Waals surface area (Å²) in [5, 5.41) is 8.62. The number of hydrogen-bond donors (Lipinski definition) is 1. The highest BCUT2D eigenvalue weighted by Crippen LogP contribution is 2.18. The number of carboxylic acids is 1. The number of thioether (sulfide) groups is 1. The van der Waals surface area contributed by atoms with Gasteiger partial charge in [-0.15, -0.1) is 0 Å². The molecule has 118 valence electrons. The van der Waals surface area contributed by atoms with Crippen molar-refractivity contribution in [2.75, 3.05) is 38.5 Å². The van der Waals surface area contributed by atoms with E-state index in [4.69, 9.17) is 9.84 Å². The zero-order valence-corrected chi connectivity index (χ0v) is 12.6. The largest absolute Gasteiger partial charge is 0.480 e. The fourth-order valence-corrected chi connectivity index (χ4v) is 3.33. The molecule has 2 fully saturated rings. The molecule has 0 aromatic rings. The fourth-order valence-electron chi connectivity index (χ4n) is 2.48. The van der Waals surface area contributed by atoms with E-state index in [9.17, 15) is 14.4 Å². The molecule has 0 saturated carbocycles. The van der Waals surface area contributed by atoms with Crippen LogP contribution in [0, 0.1) is 0 Å². The monoisotopic (exact) mass is 316 g/mol. The van der Waals surface area contributed by atoms with Gasteiger partial charge in [0.05, 0.1) is 6.10 Å². The molecule has 2 aliphatic rings. The lowest BCUT2D eigenvalue weighted by Gasteiger charge is -2.32. The van der Waals surface area contributed by atoms with E-state index in [0.717, 1.165) is 12.3 Å². The number of nitrogens with zero attached hydrogens (tertiary/aromatic N) is 2. The minimum atomic E-state index is -0.971. The van der Waals surface area contributed by atoms with Crippen molar-refractivity contribution in [2.45, 2.75) is 25.4 Å². The van der Waals surface area contributed by atoms with Crippen LogP contribution in [-0.2, 0) is 14.3 Å². The third kappa shape index (κ3) is 4.89. The molecule has 0 bridgehead atoms. The van der Waals surface area contributed by atoms with Crippen LogP contribution in [0.3, 0.4) is 0 Å². The Labute approximate surface area is 127 Å². The zero-order chi connectivity index (χ0) is 15.2. The van der Waals surface area contributed by atoms with Gasteiger partial charge in [-0.1, -0.05) is 11.8 Å². The summed E-state index contributed by atoms with van der Waals surface area (Å²) >= 11 is 1.30. The molecule has 0 aromatic heterocycles. The van der Waals surface area contributed by atoms with Gasteiger partial charge in [-0.25, -0.2) is 4.79 Å². The summed E-state index contributed by atoms with van der Waals surface area (Å²) in [6.07, 6.45) is 1.60. The van der Waals surface area contributed by atoms with Crippen molar-refractivity contribution in [1.82, 2.24) is 9.80 Å². The predicted octanol–water partition coefficient (Wildman–Crippen LogP) is 0.637. The van der Waals surface area contributed by atoms with Crippen LogP contribution in [0.15, 0.2) is 0 Å². The first kappa shape index (κ1) is 16.1. The van der Waals surface area contributed by atoms with Crippen molar-refractivity contribution in [1.29, 1.82) is 0 Å². The van der Waals surface area contributed by atoms with E-state index in [-0.39, 0.29) is 23.9 Å². The van der Waals surface area contributed by atoms with Crippen molar-refractivity contribution in [2.24, 2.45) is 0 Å². The number of ether oxygens (including phenoxy) is 1. The van der Waals surface area contributed by atoms with Gasteiger partial charge in [0.15, 0.2) is 0 Å². The average Bonchev–Trinajstić information content (AvgIpc) is 2.88. The number of carbonyl (C=O) groups is 3. The Bertz CT molecular complexity index is 409. The van der Waals surface area contributed by atoms with Crippen LogP contribution in [0.4, 0.5) is 4.79 Å². The maximum Gasteiger partial charge on any atom is 0.329 e. The molecule has 0 aromatic carbocycles. The van der Waals surface area contributed by atoms with E-state index < -0.39 is 5.97 Å².